The molecule has 0 spiro atoms. The molecule has 148 valence electrons. The smallest absolute Gasteiger partial charge is 0.244 e. The molecule has 3 aromatic rings. The van der Waals surface area contributed by atoms with E-state index in [-0.39, 0.29) is 10.5 Å². The number of hydrogen-bond acceptors (Lipinski definition) is 8. The second-order valence-corrected chi connectivity index (χ2v) is 8.45. The fourth-order valence-electron chi connectivity index (χ4n) is 3.17. The quantitative estimate of drug-likeness (QED) is 0.621. The first-order valence-electron chi connectivity index (χ1n) is 9.02. The van der Waals surface area contributed by atoms with Crippen LogP contribution < -0.4 is 0 Å². The van der Waals surface area contributed by atoms with Crippen LogP contribution in [0.4, 0.5) is 0 Å². The normalized spacial score (nSPS) is 15.8. The predicted octanol–water partition coefficient (Wildman–Crippen LogP) is 1.51. The van der Waals surface area contributed by atoms with Crippen molar-refractivity contribution in [3.05, 3.63) is 60.2 Å². The first-order valence-corrected chi connectivity index (χ1v) is 10.5. The molecule has 0 atom stereocenters. The second-order valence-electron chi connectivity index (χ2n) is 6.54. The third kappa shape index (κ3) is 4.02. The maximum Gasteiger partial charge on any atom is 0.244 e. The summed E-state index contributed by atoms with van der Waals surface area (Å²) in [7, 11) is -3.71. The van der Waals surface area contributed by atoms with E-state index >= 15 is 0 Å². The molecule has 0 radical (unpaired) electrons. The van der Waals surface area contributed by atoms with Crippen molar-refractivity contribution in [2.24, 2.45) is 0 Å². The van der Waals surface area contributed by atoms with Crippen LogP contribution in [-0.4, -0.2) is 58.9 Å². The van der Waals surface area contributed by atoms with Crippen molar-refractivity contribution >= 4 is 10.0 Å². The molecule has 10 heteroatoms. The van der Waals surface area contributed by atoms with Gasteiger partial charge in [0.2, 0.25) is 21.7 Å². The van der Waals surface area contributed by atoms with Crippen LogP contribution in [0.1, 0.15) is 11.5 Å². The van der Waals surface area contributed by atoms with E-state index in [1.54, 1.807) is 30.6 Å². The fraction of sp³-hybridized carbons (Fsp3) is 0.263. The Kier molecular flexibility index (Phi) is 5.35. The number of sulfonamides is 1. The standard InChI is InChI=1S/C19H18N6O3S/c20-12-15-4-1-2-6-17(15)29(26,27)25-10-8-24(9-11-25)14-18-22-19(23-28-18)16-5-3-7-21-13-16/h1-7,13H,8-11,14H2. The van der Waals surface area contributed by atoms with Gasteiger partial charge in [-0.25, -0.2) is 8.42 Å². The highest BCUT2D eigenvalue weighted by molar-refractivity contribution is 7.89. The molecule has 1 fully saturated rings. The number of nitrogens with zero attached hydrogens (tertiary/aromatic N) is 6. The lowest BCUT2D eigenvalue weighted by Gasteiger charge is -2.33. The summed E-state index contributed by atoms with van der Waals surface area (Å²) in [5.74, 6) is 0.942. The molecule has 1 aliphatic heterocycles. The Balaban J connectivity index is 1.40. The maximum absolute atomic E-state index is 12.9. The number of hydrogen-bond donors (Lipinski definition) is 0. The van der Waals surface area contributed by atoms with Crippen LogP contribution in [0.5, 0.6) is 0 Å². The summed E-state index contributed by atoms with van der Waals surface area (Å²) in [6.07, 6.45) is 3.34. The lowest BCUT2D eigenvalue weighted by atomic mass is 10.2. The number of nitriles is 1. The minimum atomic E-state index is -3.71. The second kappa shape index (κ2) is 8.08. The molecule has 0 saturated carbocycles. The molecule has 0 amide bonds. The highest BCUT2D eigenvalue weighted by Crippen LogP contribution is 2.22. The summed E-state index contributed by atoms with van der Waals surface area (Å²) in [4.78, 5) is 10.5. The van der Waals surface area contributed by atoms with Crippen molar-refractivity contribution in [2.75, 3.05) is 26.2 Å². The van der Waals surface area contributed by atoms with E-state index < -0.39 is 10.0 Å². The molecule has 1 aromatic carbocycles. The van der Waals surface area contributed by atoms with E-state index in [4.69, 9.17) is 4.52 Å². The van der Waals surface area contributed by atoms with Crippen molar-refractivity contribution in [3.8, 4) is 17.5 Å². The minimum absolute atomic E-state index is 0.0500. The van der Waals surface area contributed by atoms with Crippen molar-refractivity contribution in [3.63, 3.8) is 0 Å². The van der Waals surface area contributed by atoms with Crippen LogP contribution in [0.2, 0.25) is 0 Å². The highest BCUT2D eigenvalue weighted by Gasteiger charge is 2.30. The lowest BCUT2D eigenvalue weighted by molar-refractivity contribution is 0.163. The zero-order valence-corrected chi connectivity index (χ0v) is 16.3. The number of pyridine rings is 1. The summed E-state index contributed by atoms with van der Waals surface area (Å²) < 4.78 is 32.5. The van der Waals surface area contributed by atoms with E-state index in [0.717, 1.165) is 5.56 Å². The van der Waals surface area contributed by atoms with Gasteiger partial charge in [-0.15, -0.1) is 0 Å². The third-order valence-electron chi connectivity index (χ3n) is 4.70. The summed E-state index contributed by atoms with van der Waals surface area (Å²) in [5, 5.41) is 13.2. The van der Waals surface area contributed by atoms with Crippen molar-refractivity contribution in [1.29, 1.82) is 5.26 Å². The van der Waals surface area contributed by atoms with Crippen LogP contribution in [0.3, 0.4) is 0 Å². The Bertz CT molecular complexity index is 1130. The van der Waals surface area contributed by atoms with Gasteiger partial charge < -0.3 is 4.52 Å². The Morgan fingerprint density at radius 1 is 1.10 bits per heavy atom. The molecular weight excluding hydrogens is 392 g/mol. The van der Waals surface area contributed by atoms with Gasteiger partial charge in [0, 0.05) is 44.1 Å². The molecule has 1 aliphatic rings. The molecule has 29 heavy (non-hydrogen) atoms. The summed E-state index contributed by atoms with van der Waals surface area (Å²) in [5.41, 5.74) is 0.929. The molecule has 0 N–H and O–H groups in total. The SMILES string of the molecule is N#Cc1ccccc1S(=O)(=O)N1CCN(Cc2nc(-c3cccnc3)no2)CC1. The summed E-state index contributed by atoms with van der Waals surface area (Å²) >= 11 is 0. The largest absolute Gasteiger partial charge is 0.338 e. The van der Waals surface area contributed by atoms with Gasteiger partial charge in [-0.2, -0.15) is 14.6 Å². The van der Waals surface area contributed by atoms with Gasteiger partial charge in [-0.1, -0.05) is 17.3 Å². The molecule has 0 bridgehead atoms. The number of piperazine rings is 1. The Hall–Kier alpha value is -3.13. The van der Waals surface area contributed by atoms with Crippen molar-refractivity contribution in [2.45, 2.75) is 11.4 Å². The molecule has 0 aliphatic carbocycles. The Morgan fingerprint density at radius 3 is 2.62 bits per heavy atom. The summed E-state index contributed by atoms with van der Waals surface area (Å²) in [6, 6.07) is 11.9. The molecule has 1 saturated heterocycles. The average molecular weight is 410 g/mol. The van der Waals surface area contributed by atoms with Gasteiger partial charge >= 0.3 is 0 Å². The van der Waals surface area contributed by atoms with Gasteiger partial charge in [0.1, 0.15) is 6.07 Å². The zero-order chi connectivity index (χ0) is 20.3. The third-order valence-corrected chi connectivity index (χ3v) is 6.66. The maximum atomic E-state index is 12.9. The van der Waals surface area contributed by atoms with Crippen molar-refractivity contribution in [1.82, 2.24) is 24.3 Å². The summed E-state index contributed by atoms with van der Waals surface area (Å²) in [6.45, 7) is 2.14. The van der Waals surface area contributed by atoms with Gasteiger partial charge in [0.05, 0.1) is 17.0 Å². The van der Waals surface area contributed by atoms with Crippen LogP contribution in [-0.2, 0) is 16.6 Å². The first-order chi connectivity index (χ1) is 14.1. The molecule has 3 heterocycles. The monoisotopic (exact) mass is 410 g/mol. The van der Waals surface area contributed by atoms with Crippen LogP contribution in [0.25, 0.3) is 11.4 Å². The average Bonchev–Trinajstić information content (AvgIpc) is 3.23. The molecule has 9 nitrogen and oxygen atoms in total. The molecule has 0 unspecified atom stereocenters. The predicted molar refractivity (Wildman–Crippen MR) is 103 cm³/mol. The van der Waals surface area contributed by atoms with E-state index in [2.05, 4.69) is 20.0 Å². The molecular formula is C19H18N6O3S. The van der Waals surface area contributed by atoms with Gasteiger partial charge in [0.15, 0.2) is 0 Å². The Labute approximate surface area is 168 Å². The van der Waals surface area contributed by atoms with Crippen LogP contribution in [0, 0.1) is 11.3 Å². The van der Waals surface area contributed by atoms with Gasteiger partial charge in [0.25, 0.3) is 0 Å². The van der Waals surface area contributed by atoms with Crippen molar-refractivity contribution < 1.29 is 12.9 Å². The topological polar surface area (TPSA) is 116 Å². The van der Waals surface area contributed by atoms with E-state index in [1.165, 1.54) is 16.4 Å². The fourth-order valence-corrected chi connectivity index (χ4v) is 4.74. The van der Waals surface area contributed by atoms with Gasteiger partial charge in [-0.3, -0.25) is 9.88 Å². The number of benzene rings is 1. The Morgan fingerprint density at radius 2 is 1.90 bits per heavy atom. The lowest BCUT2D eigenvalue weighted by Crippen LogP contribution is -2.48. The number of rotatable bonds is 5. The van der Waals surface area contributed by atoms with Gasteiger partial charge in [-0.05, 0) is 24.3 Å². The number of aromatic nitrogens is 3. The molecule has 2 aromatic heterocycles. The van der Waals surface area contributed by atoms with Crippen LogP contribution >= 0.6 is 0 Å². The van der Waals surface area contributed by atoms with E-state index in [0.29, 0.717) is 44.4 Å². The highest BCUT2D eigenvalue weighted by atomic mass is 32.2. The van der Waals surface area contributed by atoms with E-state index in [9.17, 15) is 13.7 Å². The molecule has 4 rings (SSSR count). The zero-order valence-electron chi connectivity index (χ0n) is 15.5. The van der Waals surface area contributed by atoms with Crippen LogP contribution in [0.15, 0.2) is 58.2 Å². The van der Waals surface area contributed by atoms with E-state index in [1.807, 2.05) is 12.1 Å². The first kappa shape index (κ1) is 19.2. The minimum Gasteiger partial charge on any atom is -0.338 e.